The molecule has 0 saturated carbocycles. The first kappa shape index (κ1) is 16.3. The van der Waals surface area contributed by atoms with E-state index >= 15 is 0 Å². The molecule has 19 heavy (non-hydrogen) atoms. The lowest BCUT2D eigenvalue weighted by Crippen LogP contribution is -2.42. The van der Waals surface area contributed by atoms with Gasteiger partial charge in [0.05, 0.1) is 7.11 Å². The molecule has 0 amide bonds. The Labute approximate surface area is 124 Å². The molecule has 0 fully saturated rings. The fraction of sp³-hybridized carbons (Fsp3) is 0.500. The zero-order valence-electron chi connectivity index (χ0n) is 11.4. The number of halogens is 2. The number of rotatable bonds is 6. The second-order valence-corrected chi connectivity index (χ2v) is 5.42. The number of hydrogen-bond acceptors (Lipinski definition) is 3. The first-order valence-electron chi connectivity index (χ1n) is 6.24. The number of carbonyl (C=O) groups excluding carboxylic acids is 1. The van der Waals surface area contributed by atoms with Gasteiger partial charge in [-0.05, 0) is 29.7 Å². The highest BCUT2D eigenvalue weighted by Crippen LogP contribution is 2.19. The van der Waals surface area contributed by atoms with E-state index < -0.39 is 0 Å². The summed E-state index contributed by atoms with van der Waals surface area (Å²) < 4.78 is 4.82. The van der Waals surface area contributed by atoms with E-state index in [2.05, 4.69) is 5.32 Å². The standard InChI is InChI=1S/C14H19Cl2NO2/c1-4-9(2)13(14(18)19-3)17-8-10-5-11(15)7-12(16)6-10/h5-7,9,13,17H,4,8H2,1-3H3. The summed E-state index contributed by atoms with van der Waals surface area (Å²) in [5.41, 5.74) is 0.940. The molecule has 0 spiro atoms. The molecule has 0 heterocycles. The van der Waals surface area contributed by atoms with Crippen molar-refractivity contribution in [2.24, 2.45) is 5.92 Å². The van der Waals surface area contributed by atoms with Gasteiger partial charge < -0.3 is 10.1 Å². The molecule has 2 atom stereocenters. The Morgan fingerprint density at radius 2 is 1.89 bits per heavy atom. The predicted octanol–water partition coefficient (Wildman–Crippen LogP) is 3.67. The van der Waals surface area contributed by atoms with Crippen molar-refractivity contribution in [3.05, 3.63) is 33.8 Å². The lowest BCUT2D eigenvalue weighted by molar-refractivity contribution is -0.144. The van der Waals surface area contributed by atoms with E-state index in [1.54, 1.807) is 6.07 Å². The number of nitrogens with one attached hydrogen (secondary N) is 1. The lowest BCUT2D eigenvalue weighted by Gasteiger charge is -2.22. The fourth-order valence-electron chi connectivity index (χ4n) is 1.82. The van der Waals surface area contributed by atoms with Crippen LogP contribution >= 0.6 is 23.2 Å². The molecule has 5 heteroatoms. The summed E-state index contributed by atoms with van der Waals surface area (Å²) in [6, 6.07) is 5.00. The van der Waals surface area contributed by atoms with Crippen LogP contribution in [0.3, 0.4) is 0 Å². The van der Waals surface area contributed by atoms with Crippen LogP contribution in [0.15, 0.2) is 18.2 Å². The van der Waals surface area contributed by atoms with Gasteiger partial charge >= 0.3 is 5.97 Å². The smallest absolute Gasteiger partial charge is 0.323 e. The van der Waals surface area contributed by atoms with Gasteiger partial charge in [0, 0.05) is 16.6 Å². The van der Waals surface area contributed by atoms with Gasteiger partial charge in [-0.1, -0.05) is 43.5 Å². The van der Waals surface area contributed by atoms with Crippen molar-refractivity contribution in [3.8, 4) is 0 Å². The van der Waals surface area contributed by atoms with Gasteiger partial charge in [0.1, 0.15) is 6.04 Å². The van der Waals surface area contributed by atoms with Crippen LogP contribution in [0.1, 0.15) is 25.8 Å². The summed E-state index contributed by atoms with van der Waals surface area (Å²) in [6.45, 7) is 4.57. The van der Waals surface area contributed by atoms with Crippen LogP contribution in [0.4, 0.5) is 0 Å². The predicted molar refractivity (Wildman–Crippen MR) is 78.6 cm³/mol. The van der Waals surface area contributed by atoms with Gasteiger partial charge in [0.25, 0.3) is 0 Å². The number of benzene rings is 1. The maximum Gasteiger partial charge on any atom is 0.323 e. The minimum atomic E-state index is -0.326. The molecule has 0 radical (unpaired) electrons. The van der Waals surface area contributed by atoms with Crippen LogP contribution in [0.2, 0.25) is 10.0 Å². The summed E-state index contributed by atoms with van der Waals surface area (Å²) in [5.74, 6) is -0.0513. The number of methoxy groups -OCH3 is 1. The molecule has 1 aromatic rings. The number of ether oxygens (including phenoxy) is 1. The molecule has 106 valence electrons. The van der Waals surface area contributed by atoms with Crippen molar-refractivity contribution in [2.45, 2.75) is 32.9 Å². The Morgan fingerprint density at radius 3 is 2.37 bits per heavy atom. The van der Waals surface area contributed by atoms with Crippen molar-refractivity contribution in [3.63, 3.8) is 0 Å². The molecule has 0 aliphatic carbocycles. The Morgan fingerprint density at radius 1 is 1.32 bits per heavy atom. The molecule has 2 unspecified atom stereocenters. The number of hydrogen-bond donors (Lipinski definition) is 1. The summed E-state index contributed by atoms with van der Waals surface area (Å²) >= 11 is 11.9. The van der Waals surface area contributed by atoms with Crippen molar-refractivity contribution in [2.75, 3.05) is 7.11 Å². The molecule has 1 aromatic carbocycles. The van der Waals surface area contributed by atoms with Crippen LogP contribution in [-0.2, 0) is 16.1 Å². The molecule has 3 nitrogen and oxygen atoms in total. The second-order valence-electron chi connectivity index (χ2n) is 4.54. The van der Waals surface area contributed by atoms with Crippen LogP contribution in [0, 0.1) is 5.92 Å². The van der Waals surface area contributed by atoms with E-state index in [4.69, 9.17) is 27.9 Å². The highest BCUT2D eigenvalue weighted by atomic mass is 35.5. The molecule has 1 N–H and O–H groups in total. The van der Waals surface area contributed by atoms with E-state index in [0.717, 1.165) is 12.0 Å². The van der Waals surface area contributed by atoms with Crippen LogP contribution in [0.25, 0.3) is 0 Å². The molecule has 0 bridgehead atoms. The van der Waals surface area contributed by atoms with E-state index in [1.807, 2.05) is 26.0 Å². The van der Waals surface area contributed by atoms with Gasteiger partial charge in [-0.3, -0.25) is 4.79 Å². The van der Waals surface area contributed by atoms with Gasteiger partial charge in [0.15, 0.2) is 0 Å². The highest BCUT2D eigenvalue weighted by Gasteiger charge is 2.24. The molecule has 0 aromatic heterocycles. The highest BCUT2D eigenvalue weighted by molar-refractivity contribution is 6.34. The molecular formula is C14H19Cl2NO2. The zero-order valence-corrected chi connectivity index (χ0v) is 12.9. The zero-order chi connectivity index (χ0) is 14.4. The van der Waals surface area contributed by atoms with E-state index in [-0.39, 0.29) is 17.9 Å². The van der Waals surface area contributed by atoms with E-state index in [0.29, 0.717) is 16.6 Å². The Kier molecular flexibility index (Phi) is 6.63. The fourth-order valence-corrected chi connectivity index (χ4v) is 2.39. The summed E-state index contributed by atoms with van der Waals surface area (Å²) in [4.78, 5) is 11.7. The first-order chi connectivity index (χ1) is 8.97. The third-order valence-corrected chi connectivity index (χ3v) is 3.55. The first-order valence-corrected chi connectivity index (χ1v) is 6.99. The van der Waals surface area contributed by atoms with Crippen LogP contribution < -0.4 is 5.32 Å². The lowest BCUT2D eigenvalue weighted by atomic mass is 9.99. The molecule has 0 saturated heterocycles. The summed E-state index contributed by atoms with van der Waals surface area (Å²) in [6.07, 6.45) is 0.892. The average Bonchev–Trinajstić information content (AvgIpc) is 2.37. The average molecular weight is 304 g/mol. The van der Waals surface area contributed by atoms with Gasteiger partial charge in [0.2, 0.25) is 0 Å². The van der Waals surface area contributed by atoms with Gasteiger partial charge in [-0.15, -0.1) is 0 Å². The van der Waals surface area contributed by atoms with Crippen molar-refractivity contribution in [1.82, 2.24) is 5.32 Å². The van der Waals surface area contributed by atoms with Gasteiger partial charge in [-0.2, -0.15) is 0 Å². The quantitative estimate of drug-likeness (QED) is 0.815. The van der Waals surface area contributed by atoms with Crippen LogP contribution in [-0.4, -0.2) is 19.1 Å². The Balaban J connectivity index is 2.72. The van der Waals surface area contributed by atoms with E-state index in [1.165, 1.54) is 7.11 Å². The summed E-state index contributed by atoms with van der Waals surface area (Å²) in [7, 11) is 1.40. The maximum absolute atomic E-state index is 11.7. The largest absolute Gasteiger partial charge is 0.468 e. The maximum atomic E-state index is 11.7. The molecule has 0 aliphatic rings. The van der Waals surface area contributed by atoms with Crippen molar-refractivity contribution >= 4 is 29.2 Å². The number of esters is 1. The van der Waals surface area contributed by atoms with Crippen LogP contribution in [0.5, 0.6) is 0 Å². The topological polar surface area (TPSA) is 38.3 Å². The molecule has 1 rings (SSSR count). The minimum Gasteiger partial charge on any atom is -0.468 e. The number of carbonyl (C=O) groups is 1. The second kappa shape index (κ2) is 7.73. The normalized spacial score (nSPS) is 13.9. The van der Waals surface area contributed by atoms with Crippen molar-refractivity contribution in [1.29, 1.82) is 0 Å². The van der Waals surface area contributed by atoms with E-state index in [9.17, 15) is 4.79 Å². The minimum absolute atomic E-state index is 0.196. The molecule has 0 aliphatic heterocycles. The monoisotopic (exact) mass is 303 g/mol. The van der Waals surface area contributed by atoms with Gasteiger partial charge in [-0.25, -0.2) is 0 Å². The van der Waals surface area contributed by atoms with Crippen molar-refractivity contribution < 1.29 is 9.53 Å². The Bertz CT molecular complexity index is 417. The Hall–Kier alpha value is -0.770. The molecular weight excluding hydrogens is 285 g/mol. The third kappa shape index (κ3) is 5.01. The summed E-state index contributed by atoms with van der Waals surface area (Å²) in [5, 5.41) is 4.37. The third-order valence-electron chi connectivity index (χ3n) is 3.12. The SMILES string of the molecule is CCC(C)C(NCc1cc(Cl)cc(Cl)c1)C(=O)OC.